The number of hydrogen-bond donors (Lipinski definition) is 0. The van der Waals surface area contributed by atoms with E-state index < -0.39 is 5.63 Å². The van der Waals surface area contributed by atoms with E-state index in [0.29, 0.717) is 0 Å². The van der Waals surface area contributed by atoms with Crippen LogP contribution in [0.4, 0.5) is 4.39 Å². The Bertz CT molecular complexity index is 49.5. The van der Waals surface area contributed by atoms with Crippen LogP contribution < -0.4 is 0 Å². The minimum absolute atomic E-state index is 1.27. The summed E-state index contributed by atoms with van der Waals surface area (Å²) in [7, 11) is 0. The third-order valence-electron chi connectivity index (χ3n) is 0.338. The molecule has 0 aliphatic carbocycles. The van der Waals surface area contributed by atoms with Gasteiger partial charge in [0.15, 0.2) is 5.63 Å². The Morgan fingerprint density at radius 1 is 1.83 bits per heavy atom. The van der Waals surface area contributed by atoms with Gasteiger partial charge in [-0.05, 0) is 13.0 Å². The summed E-state index contributed by atoms with van der Waals surface area (Å²) < 4.78 is 11.4. The molecule has 0 fully saturated rings. The maximum absolute atomic E-state index is 11.4. The zero-order chi connectivity index (χ0) is 4.99. The molecule has 0 nitrogen and oxygen atoms in total. The Balaban J connectivity index is 3.03. The molecular formula is C4H6ClF. The zero-order valence-corrected chi connectivity index (χ0v) is 4.24. The van der Waals surface area contributed by atoms with Gasteiger partial charge >= 0.3 is 0 Å². The van der Waals surface area contributed by atoms with Crippen molar-refractivity contribution in [2.45, 2.75) is 12.6 Å². The predicted octanol–water partition coefficient (Wildman–Crippen LogP) is 2.10. The first kappa shape index (κ1) is 5.96. The van der Waals surface area contributed by atoms with Crippen LogP contribution in [-0.2, 0) is 0 Å². The third-order valence-corrected chi connectivity index (χ3v) is 0.483. The summed E-state index contributed by atoms with van der Waals surface area (Å²) in [4.78, 5) is 0. The predicted molar refractivity (Wildman–Crippen MR) is 25.6 cm³/mol. The van der Waals surface area contributed by atoms with Crippen molar-refractivity contribution in [3.8, 4) is 0 Å². The molecule has 1 unspecified atom stereocenters. The molecular weight excluding hydrogens is 102 g/mol. The van der Waals surface area contributed by atoms with E-state index in [1.54, 1.807) is 13.0 Å². The SMILES string of the molecule is CC=CC(F)Cl. The minimum atomic E-state index is -1.31. The molecule has 0 bridgehead atoms. The van der Waals surface area contributed by atoms with Crippen molar-refractivity contribution in [2.24, 2.45) is 0 Å². The molecule has 0 aliphatic heterocycles. The van der Waals surface area contributed by atoms with Gasteiger partial charge in [0, 0.05) is 0 Å². The fourth-order valence-corrected chi connectivity index (χ4v) is 0.291. The van der Waals surface area contributed by atoms with Gasteiger partial charge in [0.2, 0.25) is 0 Å². The highest BCUT2D eigenvalue weighted by Gasteiger charge is 1.85. The minimum Gasteiger partial charge on any atom is -0.225 e. The van der Waals surface area contributed by atoms with Crippen molar-refractivity contribution >= 4 is 11.6 Å². The van der Waals surface area contributed by atoms with Gasteiger partial charge in [0.1, 0.15) is 0 Å². The second kappa shape index (κ2) is 3.16. The average Bonchev–Trinajstić information content (AvgIpc) is 1.35. The van der Waals surface area contributed by atoms with E-state index in [4.69, 9.17) is 11.6 Å². The monoisotopic (exact) mass is 108 g/mol. The van der Waals surface area contributed by atoms with Crippen LogP contribution in [0.3, 0.4) is 0 Å². The lowest BCUT2D eigenvalue weighted by Crippen LogP contribution is -1.74. The molecule has 6 heavy (non-hydrogen) atoms. The molecule has 0 saturated carbocycles. The van der Waals surface area contributed by atoms with Gasteiger partial charge < -0.3 is 0 Å². The lowest BCUT2D eigenvalue weighted by molar-refractivity contribution is 0.512. The first-order valence-corrected chi connectivity index (χ1v) is 2.12. The first-order valence-electron chi connectivity index (χ1n) is 1.68. The topological polar surface area (TPSA) is 0 Å². The van der Waals surface area contributed by atoms with Crippen molar-refractivity contribution < 1.29 is 4.39 Å². The number of halogens is 2. The third kappa shape index (κ3) is 3.96. The second-order valence-electron chi connectivity index (χ2n) is 0.860. The van der Waals surface area contributed by atoms with Gasteiger partial charge in [-0.1, -0.05) is 17.7 Å². The van der Waals surface area contributed by atoms with E-state index in [1.807, 2.05) is 0 Å². The maximum atomic E-state index is 11.4. The molecule has 0 aliphatic rings. The summed E-state index contributed by atoms with van der Waals surface area (Å²) in [6.45, 7) is 1.72. The molecule has 0 aromatic rings. The summed E-state index contributed by atoms with van der Waals surface area (Å²) in [6.07, 6.45) is 2.83. The lowest BCUT2D eigenvalue weighted by Gasteiger charge is -1.79. The normalized spacial score (nSPS) is 15.8. The molecule has 1 atom stereocenters. The summed E-state index contributed by atoms with van der Waals surface area (Å²) in [5, 5.41) is 0. The van der Waals surface area contributed by atoms with E-state index in [2.05, 4.69) is 0 Å². The van der Waals surface area contributed by atoms with E-state index in [-0.39, 0.29) is 0 Å². The molecule has 0 spiro atoms. The van der Waals surface area contributed by atoms with Crippen LogP contribution in [0.25, 0.3) is 0 Å². The number of rotatable bonds is 1. The molecule has 0 saturated heterocycles. The molecule has 0 N–H and O–H groups in total. The number of hydrogen-bond acceptors (Lipinski definition) is 0. The van der Waals surface area contributed by atoms with E-state index in [1.165, 1.54) is 6.08 Å². The summed E-state index contributed by atoms with van der Waals surface area (Å²) >= 11 is 4.82. The van der Waals surface area contributed by atoms with Crippen molar-refractivity contribution in [2.75, 3.05) is 0 Å². The maximum Gasteiger partial charge on any atom is 0.191 e. The van der Waals surface area contributed by atoms with Crippen molar-refractivity contribution in [3.05, 3.63) is 12.2 Å². The van der Waals surface area contributed by atoms with Crippen LogP contribution in [0.2, 0.25) is 0 Å². The van der Waals surface area contributed by atoms with Gasteiger partial charge in [-0.25, -0.2) is 4.39 Å². The quantitative estimate of drug-likeness (QED) is 0.357. The Hall–Kier alpha value is -0.0400. The lowest BCUT2D eigenvalue weighted by atomic mass is 10.6. The molecule has 0 heterocycles. The Morgan fingerprint density at radius 2 is 2.33 bits per heavy atom. The van der Waals surface area contributed by atoms with Crippen molar-refractivity contribution in [1.82, 2.24) is 0 Å². The van der Waals surface area contributed by atoms with E-state index in [9.17, 15) is 4.39 Å². The van der Waals surface area contributed by atoms with Crippen LogP contribution in [0, 0.1) is 0 Å². The number of allylic oxidation sites excluding steroid dienone is 2. The molecule has 2 heteroatoms. The van der Waals surface area contributed by atoms with Crippen LogP contribution in [-0.4, -0.2) is 5.63 Å². The molecule has 0 radical (unpaired) electrons. The van der Waals surface area contributed by atoms with Crippen LogP contribution in [0.15, 0.2) is 12.2 Å². The van der Waals surface area contributed by atoms with Crippen LogP contribution in [0.5, 0.6) is 0 Å². The van der Waals surface area contributed by atoms with Gasteiger partial charge in [-0.2, -0.15) is 0 Å². The molecule has 0 aromatic carbocycles. The Kier molecular flexibility index (Phi) is 3.14. The average molecular weight is 109 g/mol. The van der Waals surface area contributed by atoms with Gasteiger partial charge in [-0.3, -0.25) is 0 Å². The smallest absolute Gasteiger partial charge is 0.191 e. The van der Waals surface area contributed by atoms with E-state index >= 15 is 0 Å². The Labute approximate surface area is 41.6 Å². The highest BCUT2D eigenvalue weighted by molar-refractivity contribution is 6.20. The molecule has 0 aromatic heterocycles. The molecule has 36 valence electrons. The number of alkyl halides is 2. The van der Waals surface area contributed by atoms with Crippen LogP contribution in [0.1, 0.15) is 6.92 Å². The van der Waals surface area contributed by atoms with Gasteiger partial charge in [-0.15, -0.1) is 0 Å². The summed E-state index contributed by atoms with van der Waals surface area (Å²) in [6, 6.07) is 0. The highest BCUT2D eigenvalue weighted by Crippen LogP contribution is 1.96. The summed E-state index contributed by atoms with van der Waals surface area (Å²) in [5.74, 6) is 0. The van der Waals surface area contributed by atoms with Crippen molar-refractivity contribution in [1.29, 1.82) is 0 Å². The summed E-state index contributed by atoms with van der Waals surface area (Å²) in [5.41, 5.74) is -1.31. The fraction of sp³-hybridized carbons (Fsp3) is 0.500. The van der Waals surface area contributed by atoms with Gasteiger partial charge in [0.05, 0.1) is 0 Å². The Morgan fingerprint density at radius 3 is 2.33 bits per heavy atom. The fourth-order valence-electron chi connectivity index (χ4n) is 0.145. The molecule has 0 rings (SSSR count). The standard InChI is InChI=1S/C4H6ClF/c1-2-3-4(5)6/h2-4H,1H3. The first-order chi connectivity index (χ1) is 2.77. The van der Waals surface area contributed by atoms with Crippen molar-refractivity contribution in [3.63, 3.8) is 0 Å². The van der Waals surface area contributed by atoms with Crippen LogP contribution >= 0.6 is 11.6 Å². The van der Waals surface area contributed by atoms with Gasteiger partial charge in [0.25, 0.3) is 0 Å². The largest absolute Gasteiger partial charge is 0.225 e. The van der Waals surface area contributed by atoms with E-state index in [0.717, 1.165) is 0 Å². The second-order valence-corrected chi connectivity index (χ2v) is 1.28. The zero-order valence-electron chi connectivity index (χ0n) is 3.49. The molecule has 0 amide bonds. The highest BCUT2D eigenvalue weighted by atomic mass is 35.5.